The summed E-state index contributed by atoms with van der Waals surface area (Å²) in [5, 5.41) is 3.46. The minimum Gasteiger partial charge on any atom is -0.465 e. The van der Waals surface area contributed by atoms with Crippen LogP contribution in [0.1, 0.15) is 32.3 Å². The molecule has 0 aromatic heterocycles. The van der Waals surface area contributed by atoms with Crippen LogP contribution in [-0.2, 0) is 9.53 Å². The zero-order valence-corrected chi connectivity index (χ0v) is 13.5. The molecule has 0 amide bonds. The number of anilines is 1. The van der Waals surface area contributed by atoms with Gasteiger partial charge in [0.1, 0.15) is 5.54 Å². The van der Waals surface area contributed by atoms with Crippen LogP contribution >= 0.6 is 0 Å². The number of nitrogens with one attached hydrogen (secondary N) is 1. The molecule has 4 nitrogen and oxygen atoms in total. The van der Waals surface area contributed by atoms with E-state index in [1.165, 1.54) is 5.56 Å². The maximum atomic E-state index is 12.4. The number of aryl methyl sites for hydroxylation is 1. The second kappa shape index (κ2) is 6.48. The molecule has 4 heteroatoms. The van der Waals surface area contributed by atoms with Gasteiger partial charge in [0.2, 0.25) is 0 Å². The SMILES string of the molecule is CCOC(=O)C(C)(CN(C)c1ccccc1C)NC1CC1. The number of benzene rings is 1. The summed E-state index contributed by atoms with van der Waals surface area (Å²) in [6, 6.07) is 8.67. The summed E-state index contributed by atoms with van der Waals surface area (Å²) >= 11 is 0. The summed E-state index contributed by atoms with van der Waals surface area (Å²) in [5.41, 5.74) is 1.68. The average Bonchev–Trinajstić information content (AvgIpc) is 3.23. The van der Waals surface area contributed by atoms with Gasteiger partial charge in [-0.05, 0) is 45.2 Å². The molecule has 0 spiro atoms. The van der Waals surface area contributed by atoms with Crippen molar-refractivity contribution < 1.29 is 9.53 Å². The van der Waals surface area contributed by atoms with Crippen molar-refractivity contribution in [3.8, 4) is 0 Å². The molecule has 116 valence electrons. The molecule has 1 aromatic carbocycles. The van der Waals surface area contributed by atoms with E-state index >= 15 is 0 Å². The van der Waals surface area contributed by atoms with Crippen LogP contribution in [0.2, 0.25) is 0 Å². The number of carbonyl (C=O) groups excluding carboxylic acids is 1. The standard InChI is InChI=1S/C17H26N2O2/c1-5-21-16(20)17(3,18-14-10-11-14)12-19(4)15-9-7-6-8-13(15)2/h6-9,14,18H,5,10-12H2,1-4H3. The Morgan fingerprint density at radius 2 is 2.10 bits per heavy atom. The molecule has 1 saturated carbocycles. The number of carbonyl (C=O) groups is 1. The summed E-state index contributed by atoms with van der Waals surface area (Å²) in [4.78, 5) is 14.5. The molecule has 1 aromatic rings. The fraction of sp³-hybridized carbons (Fsp3) is 0.588. The van der Waals surface area contributed by atoms with Gasteiger partial charge in [0.15, 0.2) is 0 Å². The van der Waals surface area contributed by atoms with E-state index in [0.717, 1.165) is 18.5 Å². The van der Waals surface area contributed by atoms with E-state index in [1.54, 1.807) is 0 Å². The predicted octanol–water partition coefficient (Wildman–Crippen LogP) is 2.51. The second-order valence-corrected chi connectivity index (χ2v) is 6.11. The minimum absolute atomic E-state index is 0.169. The Balaban J connectivity index is 2.13. The van der Waals surface area contributed by atoms with E-state index in [0.29, 0.717) is 19.2 Å². The van der Waals surface area contributed by atoms with E-state index in [9.17, 15) is 4.79 Å². The van der Waals surface area contributed by atoms with Crippen LogP contribution in [0.4, 0.5) is 5.69 Å². The van der Waals surface area contributed by atoms with Gasteiger partial charge < -0.3 is 9.64 Å². The first kappa shape index (κ1) is 15.8. The number of hydrogen-bond acceptors (Lipinski definition) is 4. The third kappa shape index (κ3) is 3.97. The van der Waals surface area contributed by atoms with Gasteiger partial charge in [-0.3, -0.25) is 5.32 Å². The topological polar surface area (TPSA) is 41.6 Å². The van der Waals surface area contributed by atoms with Crippen molar-refractivity contribution >= 4 is 11.7 Å². The molecule has 1 N–H and O–H groups in total. The Morgan fingerprint density at radius 3 is 2.67 bits per heavy atom. The molecule has 21 heavy (non-hydrogen) atoms. The molecule has 0 radical (unpaired) electrons. The Morgan fingerprint density at radius 1 is 1.43 bits per heavy atom. The quantitative estimate of drug-likeness (QED) is 0.784. The van der Waals surface area contributed by atoms with Crippen LogP contribution in [0.5, 0.6) is 0 Å². The maximum Gasteiger partial charge on any atom is 0.327 e. The number of rotatable bonds is 7. The number of esters is 1. The lowest BCUT2D eigenvalue weighted by Gasteiger charge is -2.34. The lowest BCUT2D eigenvalue weighted by atomic mass is 10.0. The monoisotopic (exact) mass is 290 g/mol. The van der Waals surface area contributed by atoms with Crippen molar-refractivity contribution in [2.24, 2.45) is 0 Å². The molecule has 1 fully saturated rings. The Labute approximate surface area is 127 Å². The van der Waals surface area contributed by atoms with Crippen molar-refractivity contribution in [1.82, 2.24) is 5.32 Å². The number of para-hydroxylation sites is 1. The van der Waals surface area contributed by atoms with E-state index in [-0.39, 0.29) is 5.97 Å². The van der Waals surface area contributed by atoms with E-state index in [2.05, 4.69) is 29.3 Å². The number of likely N-dealkylation sites (N-methyl/N-ethyl adjacent to an activating group) is 1. The normalized spacial score (nSPS) is 17.1. The third-order valence-corrected chi connectivity index (χ3v) is 3.91. The largest absolute Gasteiger partial charge is 0.465 e. The molecular formula is C17H26N2O2. The highest BCUT2D eigenvalue weighted by Gasteiger charge is 2.40. The molecular weight excluding hydrogens is 264 g/mol. The highest BCUT2D eigenvalue weighted by Crippen LogP contribution is 2.26. The van der Waals surface area contributed by atoms with E-state index < -0.39 is 5.54 Å². The van der Waals surface area contributed by atoms with Crippen molar-refractivity contribution in [2.75, 3.05) is 25.1 Å². The summed E-state index contributed by atoms with van der Waals surface area (Å²) in [5.74, 6) is -0.169. The Bertz CT molecular complexity index is 499. The number of nitrogens with zero attached hydrogens (tertiary/aromatic N) is 1. The fourth-order valence-electron chi connectivity index (χ4n) is 2.69. The molecule has 0 heterocycles. The molecule has 1 unspecified atom stereocenters. The lowest BCUT2D eigenvalue weighted by molar-refractivity contribution is -0.150. The van der Waals surface area contributed by atoms with E-state index in [4.69, 9.17) is 4.74 Å². The first-order chi connectivity index (χ1) is 9.96. The smallest absolute Gasteiger partial charge is 0.327 e. The predicted molar refractivity (Wildman–Crippen MR) is 85.6 cm³/mol. The molecule has 2 rings (SSSR count). The molecule has 0 saturated heterocycles. The third-order valence-electron chi connectivity index (χ3n) is 3.91. The van der Waals surface area contributed by atoms with Crippen LogP contribution in [0.3, 0.4) is 0 Å². The van der Waals surface area contributed by atoms with Crippen molar-refractivity contribution in [3.05, 3.63) is 29.8 Å². The van der Waals surface area contributed by atoms with Gasteiger partial charge >= 0.3 is 5.97 Å². The summed E-state index contributed by atoms with van der Waals surface area (Å²) in [6.45, 7) is 6.88. The zero-order chi connectivity index (χ0) is 15.5. The fourth-order valence-corrected chi connectivity index (χ4v) is 2.69. The highest BCUT2D eigenvalue weighted by atomic mass is 16.5. The van der Waals surface area contributed by atoms with E-state index in [1.807, 2.05) is 33.0 Å². The average molecular weight is 290 g/mol. The summed E-state index contributed by atoms with van der Waals surface area (Å²) in [6.07, 6.45) is 2.28. The summed E-state index contributed by atoms with van der Waals surface area (Å²) in [7, 11) is 2.02. The van der Waals surface area contributed by atoms with Crippen molar-refractivity contribution in [2.45, 2.75) is 45.2 Å². The van der Waals surface area contributed by atoms with Crippen LogP contribution in [-0.4, -0.2) is 37.7 Å². The summed E-state index contributed by atoms with van der Waals surface area (Å²) < 4.78 is 5.27. The number of hydrogen-bond donors (Lipinski definition) is 1. The van der Waals surface area contributed by atoms with Gasteiger partial charge in [-0.15, -0.1) is 0 Å². The maximum absolute atomic E-state index is 12.4. The van der Waals surface area contributed by atoms with Gasteiger partial charge in [-0.25, -0.2) is 4.79 Å². The van der Waals surface area contributed by atoms with Crippen LogP contribution in [0, 0.1) is 6.92 Å². The highest BCUT2D eigenvalue weighted by molar-refractivity contribution is 5.81. The van der Waals surface area contributed by atoms with Crippen molar-refractivity contribution in [3.63, 3.8) is 0 Å². The zero-order valence-electron chi connectivity index (χ0n) is 13.5. The van der Waals surface area contributed by atoms with Crippen LogP contribution in [0.15, 0.2) is 24.3 Å². The second-order valence-electron chi connectivity index (χ2n) is 6.11. The molecule has 1 atom stereocenters. The number of ether oxygens (including phenoxy) is 1. The van der Waals surface area contributed by atoms with Gasteiger partial charge in [0.25, 0.3) is 0 Å². The molecule has 1 aliphatic carbocycles. The van der Waals surface area contributed by atoms with Gasteiger partial charge in [0, 0.05) is 25.3 Å². The molecule has 0 aliphatic heterocycles. The molecule has 0 bridgehead atoms. The Kier molecular flexibility index (Phi) is 4.88. The van der Waals surface area contributed by atoms with Gasteiger partial charge in [-0.1, -0.05) is 18.2 Å². The van der Waals surface area contributed by atoms with Crippen LogP contribution < -0.4 is 10.2 Å². The first-order valence-electron chi connectivity index (χ1n) is 7.68. The van der Waals surface area contributed by atoms with Crippen molar-refractivity contribution in [1.29, 1.82) is 0 Å². The first-order valence-corrected chi connectivity index (χ1v) is 7.68. The van der Waals surface area contributed by atoms with Gasteiger partial charge in [0.05, 0.1) is 6.61 Å². The molecule has 1 aliphatic rings. The van der Waals surface area contributed by atoms with Crippen LogP contribution in [0.25, 0.3) is 0 Å². The van der Waals surface area contributed by atoms with Gasteiger partial charge in [-0.2, -0.15) is 0 Å². The minimum atomic E-state index is -0.672. The Hall–Kier alpha value is -1.55. The lowest BCUT2D eigenvalue weighted by Crippen LogP contribution is -2.58.